The van der Waals surface area contributed by atoms with Crippen molar-refractivity contribution in [2.75, 3.05) is 25.2 Å². The zero-order valence-corrected chi connectivity index (χ0v) is 8.19. The van der Waals surface area contributed by atoms with Gasteiger partial charge in [0, 0.05) is 24.7 Å². The molecular formula is C8H14O3S. The number of methoxy groups -OCH3 is 1. The fourth-order valence-electron chi connectivity index (χ4n) is 0.628. The summed E-state index contributed by atoms with van der Waals surface area (Å²) in [4.78, 5) is 10.2. The lowest BCUT2D eigenvalue weighted by Crippen LogP contribution is -1.95. The van der Waals surface area contributed by atoms with Crippen molar-refractivity contribution in [3.05, 3.63) is 11.6 Å². The summed E-state index contributed by atoms with van der Waals surface area (Å²) in [5, 5.41) is 8.38. The fourth-order valence-corrected chi connectivity index (χ4v) is 1.46. The van der Waals surface area contributed by atoms with Crippen molar-refractivity contribution in [2.45, 2.75) is 6.92 Å². The van der Waals surface area contributed by atoms with E-state index in [1.807, 2.05) is 6.92 Å². The monoisotopic (exact) mass is 190 g/mol. The number of carboxylic acids is 1. The number of hydrogen-bond donors (Lipinski definition) is 1. The van der Waals surface area contributed by atoms with Gasteiger partial charge in [0.25, 0.3) is 0 Å². The molecule has 0 rings (SSSR count). The largest absolute Gasteiger partial charge is 0.478 e. The van der Waals surface area contributed by atoms with Gasteiger partial charge in [0.2, 0.25) is 0 Å². The number of aliphatic carboxylic acids is 1. The lowest BCUT2D eigenvalue weighted by molar-refractivity contribution is -0.131. The highest BCUT2D eigenvalue weighted by molar-refractivity contribution is 7.99. The molecule has 3 nitrogen and oxygen atoms in total. The Morgan fingerprint density at radius 1 is 1.67 bits per heavy atom. The van der Waals surface area contributed by atoms with Gasteiger partial charge in [0.15, 0.2) is 0 Å². The van der Waals surface area contributed by atoms with Crippen molar-refractivity contribution in [1.82, 2.24) is 0 Å². The van der Waals surface area contributed by atoms with E-state index in [0.29, 0.717) is 6.61 Å². The summed E-state index contributed by atoms with van der Waals surface area (Å²) >= 11 is 1.67. The van der Waals surface area contributed by atoms with Crippen molar-refractivity contribution in [1.29, 1.82) is 0 Å². The highest BCUT2D eigenvalue weighted by atomic mass is 32.2. The first-order valence-corrected chi connectivity index (χ1v) is 4.79. The van der Waals surface area contributed by atoms with Crippen molar-refractivity contribution in [3.63, 3.8) is 0 Å². The zero-order valence-electron chi connectivity index (χ0n) is 7.37. The van der Waals surface area contributed by atoms with Crippen molar-refractivity contribution in [3.8, 4) is 0 Å². The summed E-state index contributed by atoms with van der Waals surface area (Å²) < 4.78 is 4.85. The molecule has 0 aromatic rings. The molecule has 0 aliphatic carbocycles. The summed E-state index contributed by atoms with van der Waals surface area (Å²) in [7, 11) is 1.65. The minimum atomic E-state index is -0.875. The molecule has 0 radical (unpaired) electrons. The normalized spacial score (nSPS) is 11.7. The lowest BCUT2D eigenvalue weighted by atomic mass is 10.3. The van der Waals surface area contributed by atoms with Gasteiger partial charge < -0.3 is 9.84 Å². The maximum atomic E-state index is 10.2. The summed E-state index contributed by atoms with van der Waals surface area (Å²) in [6.07, 6.45) is 1.24. The average Bonchev–Trinajstić information content (AvgIpc) is 1.97. The second kappa shape index (κ2) is 7.18. The van der Waals surface area contributed by atoms with Gasteiger partial charge in [-0.05, 0) is 6.92 Å². The molecule has 12 heavy (non-hydrogen) atoms. The highest BCUT2D eigenvalue weighted by Gasteiger charge is 1.94. The van der Waals surface area contributed by atoms with Crippen molar-refractivity contribution >= 4 is 17.7 Å². The molecule has 0 saturated carbocycles. The van der Waals surface area contributed by atoms with Crippen LogP contribution in [0.4, 0.5) is 0 Å². The molecule has 0 bridgehead atoms. The van der Waals surface area contributed by atoms with Crippen LogP contribution in [0.5, 0.6) is 0 Å². The molecule has 0 aliphatic rings. The number of ether oxygens (including phenoxy) is 1. The van der Waals surface area contributed by atoms with E-state index >= 15 is 0 Å². The second-order valence-electron chi connectivity index (χ2n) is 2.37. The fraction of sp³-hybridized carbons (Fsp3) is 0.625. The van der Waals surface area contributed by atoms with Crippen LogP contribution in [0.25, 0.3) is 0 Å². The van der Waals surface area contributed by atoms with Crippen LogP contribution >= 0.6 is 11.8 Å². The highest BCUT2D eigenvalue weighted by Crippen LogP contribution is 2.06. The van der Waals surface area contributed by atoms with Gasteiger partial charge in [0.05, 0.1) is 6.61 Å². The predicted octanol–water partition coefficient (Wildman–Crippen LogP) is 1.40. The third kappa shape index (κ3) is 7.63. The van der Waals surface area contributed by atoms with Gasteiger partial charge in [-0.3, -0.25) is 0 Å². The van der Waals surface area contributed by atoms with Gasteiger partial charge in [-0.15, -0.1) is 0 Å². The van der Waals surface area contributed by atoms with E-state index in [4.69, 9.17) is 9.84 Å². The SMILES string of the molecule is COCCSCC(C)=CC(=O)O. The van der Waals surface area contributed by atoms with Gasteiger partial charge in [0.1, 0.15) is 0 Å². The van der Waals surface area contributed by atoms with Gasteiger partial charge >= 0.3 is 5.97 Å². The van der Waals surface area contributed by atoms with Gasteiger partial charge in [-0.25, -0.2) is 4.79 Å². The third-order valence-electron chi connectivity index (χ3n) is 1.13. The van der Waals surface area contributed by atoms with Crippen LogP contribution in [-0.2, 0) is 9.53 Å². The molecule has 0 saturated heterocycles. The second-order valence-corrected chi connectivity index (χ2v) is 3.48. The molecule has 4 heteroatoms. The molecule has 0 atom stereocenters. The molecule has 0 spiro atoms. The molecule has 0 aromatic carbocycles. The number of rotatable bonds is 6. The summed E-state index contributed by atoms with van der Waals surface area (Å²) in [5.41, 5.74) is 0.878. The summed E-state index contributed by atoms with van der Waals surface area (Å²) in [6.45, 7) is 2.53. The van der Waals surface area contributed by atoms with Crippen LogP contribution in [0.3, 0.4) is 0 Å². The average molecular weight is 190 g/mol. The van der Waals surface area contributed by atoms with E-state index in [1.54, 1.807) is 18.9 Å². The molecule has 0 amide bonds. The number of carbonyl (C=O) groups is 1. The Morgan fingerprint density at radius 3 is 2.83 bits per heavy atom. The Morgan fingerprint density at radius 2 is 2.33 bits per heavy atom. The molecule has 0 unspecified atom stereocenters. The Labute approximate surface area is 76.8 Å². The van der Waals surface area contributed by atoms with E-state index in [-0.39, 0.29) is 0 Å². The van der Waals surface area contributed by atoms with Crippen molar-refractivity contribution < 1.29 is 14.6 Å². The number of hydrogen-bond acceptors (Lipinski definition) is 3. The number of thioether (sulfide) groups is 1. The lowest BCUT2D eigenvalue weighted by Gasteiger charge is -1.99. The predicted molar refractivity (Wildman–Crippen MR) is 50.6 cm³/mol. The van der Waals surface area contributed by atoms with Crippen LogP contribution in [0, 0.1) is 0 Å². The van der Waals surface area contributed by atoms with E-state index < -0.39 is 5.97 Å². The van der Waals surface area contributed by atoms with Gasteiger partial charge in [-0.1, -0.05) is 5.57 Å². The quantitative estimate of drug-likeness (QED) is 0.508. The Balaban J connectivity index is 3.43. The van der Waals surface area contributed by atoms with Crippen molar-refractivity contribution in [2.24, 2.45) is 0 Å². The maximum absolute atomic E-state index is 10.2. The smallest absolute Gasteiger partial charge is 0.328 e. The molecule has 0 fully saturated rings. The van der Waals surface area contributed by atoms with Crippen LogP contribution in [0.2, 0.25) is 0 Å². The molecule has 0 aromatic heterocycles. The molecule has 0 heterocycles. The number of carboxylic acid groups (broad SMARTS) is 1. The van der Waals surface area contributed by atoms with E-state index in [1.165, 1.54) is 6.08 Å². The van der Waals surface area contributed by atoms with Crippen LogP contribution in [-0.4, -0.2) is 36.3 Å². The zero-order chi connectivity index (χ0) is 9.40. The van der Waals surface area contributed by atoms with Crippen LogP contribution in [0.15, 0.2) is 11.6 Å². The molecule has 70 valence electrons. The first-order valence-electron chi connectivity index (χ1n) is 3.63. The Kier molecular flexibility index (Phi) is 6.90. The van der Waals surface area contributed by atoms with E-state index in [9.17, 15) is 4.79 Å². The molecule has 0 aliphatic heterocycles. The topological polar surface area (TPSA) is 46.5 Å². The Hall–Kier alpha value is -0.480. The Bertz CT molecular complexity index is 166. The van der Waals surface area contributed by atoms with Gasteiger partial charge in [-0.2, -0.15) is 11.8 Å². The van der Waals surface area contributed by atoms with Crippen LogP contribution < -0.4 is 0 Å². The standard InChI is InChI=1S/C8H14O3S/c1-7(5-8(9)10)6-12-4-3-11-2/h5H,3-4,6H2,1-2H3,(H,9,10). The molecular weight excluding hydrogens is 176 g/mol. The molecule has 1 N–H and O–H groups in total. The van der Waals surface area contributed by atoms with Crippen LogP contribution in [0.1, 0.15) is 6.92 Å². The summed E-state index contributed by atoms with van der Waals surface area (Å²) in [5.74, 6) is 0.789. The third-order valence-corrected chi connectivity index (χ3v) is 2.25. The summed E-state index contributed by atoms with van der Waals surface area (Å²) in [6, 6.07) is 0. The minimum Gasteiger partial charge on any atom is -0.478 e. The first-order chi connectivity index (χ1) is 5.66. The van der Waals surface area contributed by atoms with E-state index in [0.717, 1.165) is 17.1 Å². The van der Waals surface area contributed by atoms with E-state index in [2.05, 4.69) is 0 Å². The minimum absolute atomic E-state index is 0.713. The maximum Gasteiger partial charge on any atom is 0.328 e. The first kappa shape index (κ1) is 11.5.